The lowest BCUT2D eigenvalue weighted by Gasteiger charge is -2.32. The number of methoxy groups -OCH3 is 1. The fourth-order valence-electron chi connectivity index (χ4n) is 2.58. The standard InChI is InChI=1S/C14H18F3NO/c1-19-10-2-3-11(12(15)8-10)13(18)9-4-6-14(16,17)7-5-9/h2-3,8-9,13H,4-7,18H2,1H3. The molecule has 0 radical (unpaired) electrons. The lowest BCUT2D eigenvalue weighted by Crippen LogP contribution is -2.31. The van der Waals surface area contributed by atoms with Crippen LogP contribution >= 0.6 is 0 Å². The smallest absolute Gasteiger partial charge is 0.248 e. The summed E-state index contributed by atoms with van der Waals surface area (Å²) < 4.78 is 45.0. The van der Waals surface area contributed by atoms with Crippen LogP contribution in [0.25, 0.3) is 0 Å². The molecule has 0 aliphatic heterocycles. The zero-order valence-corrected chi connectivity index (χ0v) is 10.8. The van der Waals surface area contributed by atoms with E-state index in [0.717, 1.165) is 0 Å². The molecule has 0 aromatic heterocycles. The third-order valence-corrected chi connectivity index (χ3v) is 3.84. The van der Waals surface area contributed by atoms with Crippen LogP contribution in [0, 0.1) is 11.7 Å². The van der Waals surface area contributed by atoms with Gasteiger partial charge in [0.05, 0.1) is 7.11 Å². The van der Waals surface area contributed by atoms with Crippen molar-refractivity contribution in [3.05, 3.63) is 29.6 Å². The molecular weight excluding hydrogens is 255 g/mol. The van der Waals surface area contributed by atoms with E-state index in [1.807, 2.05) is 0 Å². The highest BCUT2D eigenvalue weighted by Crippen LogP contribution is 2.41. The minimum absolute atomic E-state index is 0.0949. The Kier molecular flexibility index (Phi) is 4.04. The van der Waals surface area contributed by atoms with Crippen LogP contribution in [0.15, 0.2) is 18.2 Å². The first-order valence-corrected chi connectivity index (χ1v) is 6.40. The molecule has 1 aromatic carbocycles. The van der Waals surface area contributed by atoms with Crippen LogP contribution in [-0.4, -0.2) is 13.0 Å². The number of benzene rings is 1. The minimum atomic E-state index is -2.59. The van der Waals surface area contributed by atoms with E-state index in [4.69, 9.17) is 10.5 Å². The maximum atomic E-state index is 13.9. The van der Waals surface area contributed by atoms with Gasteiger partial charge in [0.25, 0.3) is 0 Å². The van der Waals surface area contributed by atoms with Gasteiger partial charge in [-0.25, -0.2) is 13.2 Å². The van der Waals surface area contributed by atoms with E-state index in [9.17, 15) is 13.2 Å². The molecule has 1 aliphatic carbocycles. The average Bonchev–Trinajstić information content (AvgIpc) is 2.37. The normalized spacial score (nSPS) is 21.1. The molecule has 1 unspecified atom stereocenters. The predicted molar refractivity (Wildman–Crippen MR) is 66.8 cm³/mol. The van der Waals surface area contributed by atoms with Gasteiger partial charge in [0, 0.05) is 30.5 Å². The second-order valence-corrected chi connectivity index (χ2v) is 5.11. The van der Waals surface area contributed by atoms with Crippen LogP contribution in [0.2, 0.25) is 0 Å². The van der Waals surface area contributed by atoms with Crippen molar-refractivity contribution in [2.45, 2.75) is 37.6 Å². The zero-order chi connectivity index (χ0) is 14.0. The molecule has 1 fully saturated rings. The molecule has 0 saturated heterocycles. The largest absolute Gasteiger partial charge is 0.497 e. The van der Waals surface area contributed by atoms with Gasteiger partial charge in [0.1, 0.15) is 11.6 Å². The number of halogens is 3. The van der Waals surface area contributed by atoms with E-state index in [2.05, 4.69) is 0 Å². The minimum Gasteiger partial charge on any atom is -0.497 e. The zero-order valence-electron chi connectivity index (χ0n) is 10.8. The Morgan fingerprint density at radius 1 is 1.32 bits per heavy atom. The maximum absolute atomic E-state index is 13.9. The van der Waals surface area contributed by atoms with Gasteiger partial charge in [0.15, 0.2) is 0 Å². The van der Waals surface area contributed by atoms with E-state index in [-0.39, 0.29) is 18.8 Å². The maximum Gasteiger partial charge on any atom is 0.248 e. The number of ether oxygens (including phenoxy) is 1. The molecule has 0 bridgehead atoms. The number of alkyl halides is 2. The molecule has 2 rings (SSSR count). The predicted octanol–water partition coefficient (Wildman–Crippen LogP) is 3.66. The topological polar surface area (TPSA) is 35.2 Å². The molecule has 1 saturated carbocycles. The van der Waals surface area contributed by atoms with Crippen molar-refractivity contribution in [2.75, 3.05) is 7.11 Å². The molecule has 2 N–H and O–H groups in total. The fourth-order valence-corrected chi connectivity index (χ4v) is 2.58. The van der Waals surface area contributed by atoms with Crippen molar-refractivity contribution in [1.29, 1.82) is 0 Å². The monoisotopic (exact) mass is 273 g/mol. The molecule has 19 heavy (non-hydrogen) atoms. The lowest BCUT2D eigenvalue weighted by atomic mass is 9.80. The Labute approximate surface area is 110 Å². The number of hydrogen-bond acceptors (Lipinski definition) is 2. The highest BCUT2D eigenvalue weighted by molar-refractivity contribution is 5.31. The summed E-state index contributed by atoms with van der Waals surface area (Å²) in [7, 11) is 1.46. The van der Waals surface area contributed by atoms with Crippen molar-refractivity contribution in [2.24, 2.45) is 11.7 Å². The Balaban J connectivity index is 2.10. The van der Waals surface area contributed by atoms with Crippen LogP contribution < -0.4 is 10.5 Å². The molecule has 1 aromatic rings. The van der Waals surface area contributed by atoms with Crippen molar-refractivity contribution in [1.82, 2.24) is 0 Å². The summed E-state index contributed by atoms with van der Waals surface area (Å²) in [6.45, 7) is 0. The van der Waals surface area contributed by atoms with Gasteiger partial charge in [-0.3, -0.25) is 0 Å². The van der Waals surface area contributed by atoms with Crippen LogP contribution in [0.1, 0.15) is 37.3 Å². The first-order valence-electron chi connectivity index (χ1n) is 6.40. The summed E-state index contributed by atoms with van der Waals surface area (Å²) in [5, 5.41) is 0. The van der Waals surface area contributed by atoms with Gasteiger partial charge in [-0.2, -0.15) is 0 Å². The summed E-state index contributed by atoms with van der Waals surface area (Å²) in [6, 6.07) is 3.94. The van der Waals surface area contributed by atoms with Crippen molar-refractivity contribution >= 4 is 0 Å². The van der Waals surface area contributed by atoms with Gasteiger partial charge < -0.3 is 10.5 Å². The Morgan fingerprint density at radius 2 is 1.95 bits per heavy atom. The second kappa shape index (κ2) is 5.41. The quantitative estimate of drug-likeness (QED) is 0.912. The Hall–Kier alpha value is -1.23. The van der Waals surface area contributed by atoms with E-state index >= 15 is 0 Å². The third kappa shape index (κ3) is 3.21. The summed E-state index contributed by atoms with van der Waals surface area (Å²) in [6.07, 6.45) is 0.339. The van der Waals surface area contributed by atoms with Gasteiger partial charge in [-0.15, -0.1) is 0 Å². The summed E-state index contributed by atoms with van der Waals surface area (Å²) in [4.78, 5) is 0. The number of nitrogens with two attached hydrogens (primary N) is 1. The van der Waals surface area contributed by atoms with Crippen molar-refractivity contribution < 1.29 is 17.9 Å². The van der Waals surface area contributed by atoms with Gasteiger partial charge in [0.2, 0.25) is 5.92 Å². The molecule has 2 nitrogen and oxygen atoms in total. The number of rotatable bonds is 3. The van der Waals surface area contributed by atoms with E-state index < -0.39 is 17.8 Å². The SMILES string of the molecule is COc1ccc(C(N)C2CCC(F)(F)CC2)c(F)c1. The first kappa shape index (κ1) is 14.2. The first-order chi connectivity index (χ1) is 8.93. The molecule has 106 valence electrons. The van der Waals surface area contributed by atoms with Gasteiger partial charge >= 0.3 is 0 Å². The molecule has 1 aliphatic rings. The number of hydrogen-bond donors (Lipinski definition) is 1. The second-order valence-electron chi connectivity index (χ2n) is 5.11. The van der Waals surface area contributed by atoms with Crippen LogP contribution in [0.5, 0.6) is 5.75 Å². The third-order valence-electron chi connectivity index (χ3n) is 3.84. The Morgan fingerprint density at radius 3 is 2.47 bits per heavy atom. The van der Waals surface area contributed by atoms with Crippen molar-refractivity contribution in [3.63, 3.8) is 0 Å². The van der Waals surface area contributed by atoms with Gasteiger partial charge in [-0.1, -0.05) is 6.07 Å². The molecule has 0 amide bonds. The average molecular weight is 273 g/mol. The van der Waals surface area contributed by atoms with E-state index in [1.54, 1.807) is 12.1 Å². The summed E-state index contributed by atoms with van der Waals surface area (Å²) in [5.74, 6) is -2.70. The lowest BCUT2D eigenvalue weighted by molar-refractivity contribution is -0.0484. The molecule has 0 spiro atoms. The molecule has 1 atom stereocenters. The van der Waals surface area contributed by atoms with Crippen LogP contribution in [0.4, 0.5) is 13.2 Å². The summed E-state index contributed by atoms with van der Waals surface area (Å²) >= 11 is 0. The molecule has 5 heteroatoms. The van der Waals surface area contributed by atoms with E-state index in [1.165, 1.54) is 13.2 Å². The highest BCUT2D eigenvalue weighted by Gasteiger charge is 2.37. The van der Waals surface area contributed by atoms with Crippen LogP contribution in [0.3, 0.4) is 0 Å². The van der Waals surface area contributed by atoms with Crippen LogP contribution in [-0.2, 0) is 0 Å². The summed E-state index contributed by atoms with van der Waals surface area (Å²) in [5.41, 5.74) is 6.40. The highest BCUT2D eigenvalue weighted by atomic mass is 19.3. The molecule has 0 heterocycles. The molecular formula is C14H18F3NO. The van der Waals surface area contributed by atoms with Gasteiger partial charge in [-0.05, 0) is 24.8 Å². The van der Waals surface area contributed by atoms with Crippen molar-refractivity contribution in [3.8, 4) is 5.75 Å². The fraction of sp³-hybridized carbons (Fsp3) is 0.571. The van der Waals surface area contributed by atoms with E-state index in [0.29, 0.717) is 24.2 Å². The Bertz CT molecular complexity index is 440.